The monoisotopic (exact) mass is 377 g/mol. The number of aromatic nitrogens is 2. The summed E-state index contributed by atoms with van der Waals surface area (Å²) >= 11 is 0. The van der Waals surface area contributed by atoms with Crippen molar-refractivity contribution < 1.29 is 13.2 Å². The van der Waals surface area contributed by atoms with Crippen molar-refractivity contribution in [2.45, 2.75) is 37.6 Å². The first-order chi connectivity index (χ1) is 12.3. The Morgan fingerprint density at radius 3 is 2.35 bits per heavy atom. The second kappa shape index (κ2) is 8.72. The number of nitrogens with two attached hydrogens (primary N) is 1. The van der Waals surface area contributed by atoms with Crippen LogP contribution in [0, 0.1) is 0 Å². The van der Waals surface area contributed by atoms with E-state index in [1.165, 1.54) is 24.5 Å². The van der Waals surface area contributed by atoms with E-state index in [-0.39, 0.29) is 16.8 Å². The maximum Gasteiger partial charge on any atom is 0.254 e. The van der Waals surface area contributed by atoms with Crippen LogP contribution in [0.2, 0.25) is 0 Å². The number of nitrogens with one attached hydrogen (secondary N) is 2. The molecule has 2 rings (SSSR count). The van der Waals surface area contributed by atoms with Crippen LogP contribution in [0.15, 0.2) is 41.6 Å². The van der Waals surface area contributed by atoms with E-state index >= 15 is 0 Å². The van der Waals surface area contributed by atoms with Crippen molar-refractivity contribution >= 4 is 21.9 Å². The number of sulfonamides is 1. The van der Waals surface area contributed by atoms with Gasteiger partial charge in [-0.25, -0.2) is 23.5 Å². The summed E-state index contributed by atoms with van der Waals surface area (Å²) in [5, 5.41) is 11.0. The average Bonchev–Trinajstić information content (AvgIpc) is 2.61. The lowest BCUT2D eigenvalue weighted by Gasteiger charge is -2.11. The van der Waals surface area contributed by atoms with Crippen LogP contribution < -0.4 is 15.8 Å². The number of primary sulfonamides is 1. The summed E-state index contributed by atoms with van der Waals surface area (Å²) in [6.45, 7) is 4.49. The van der Waals surface area contributed by atoms with Gasteiger partial charge in [-0.05, 0) is 37.5 Å². The molecule has 0 saturated carbocycles. The number of nitrogens with zero attached hydrogens (tertiary/aromatic N) is 2. The van der Waals surface area contributed by atoms with Crippen LogP contribution in [0.25, 0.3) is 0 Å². The van der Waals surface area contributed by atoms with Crippen LogP contribution in [0.3, 0.4) is 0 Å². The summed E-state index contributed by atoms with van der Waals surface area (Å²) in [7, 11) is -3.69. The highest BCUT2D eigenvalue weighted by Crippen LogP contribution is 2.09. The molecule has 0 aliphatic rings. The van der Waals surface area contributed by atoms with Gasteiger partial charge >= 0.3 is 0 Å². The fourth-order valence-electron chi connectivity index (χ4n) is 2.11. The van der Waals surface area contributed by atoms with Gasteiger partial charge in [-0.2, -0.15) is 0 Å². The Hall–Kier alpha value is -2.52. The number of hydrogen-bond acceptors (Lipinski definition) is 6. The van der Waals surface area contributed by atoms with Crippen molar-refractivity contribution in [2.24, 2.45) is 5.14 Å². The third-order valence-corrected chi connectivity index (χ3v) is 4.78. The molecule has 8 nitrogen and oxygen atoms in total. The zero-order valence-electron chi connectivity index (χ0n) is 14.8. The Balaban J connectivity index is 1.85. The van der Waals surface area contributed by atoms with E-state index in [1.807, 2.05) is 6.92 Å². The van der Waals surface area contributed by atoms with Crippen molar-refractivity contribution in [2.75, 3.05) is 11.9 Å². The molecule has 0 radical (unpaired) electrons. The van der Waals surface area contributed by atoms with Crippen LogP contribution >= 0.6 is 0 Å². The Bertz CT molecular complexity index is 836. The maximum absolute atomic E-state index is 12.1. The number of carbonyl (C=O) groups excluding carboxylic acids is 1. The second-order valence-electron chi connectivity index (χ2n) is 5.94. The standard InChI is InChI=1S/C17H23N5O3S/c1-3-12(2)22-17-20-10-14(11-21-17)16(23)19-9-8-13-4-6-15(7-5-13)26(18,24)25/h4-7,10-12H,3,8-9H2,1-2H3,(H,19,23)(H2,18,24,25)(H,20,21,22). The number of benzene rings is 1. The fraction of sp³-hybridized carbons (Fsp3) is 0.353. The van der Waals surface area contributed by atoms with E-state index in [9.17, 15) is 13.2 Å². The Morgan fingerprint density at radius 2 is 1.81 bits per heavy atom. The minimum Gasteiger partial charge on any atom is -0.352 e. The van der Waals surface area contributed by atoms with Crippen LogP contribution in [0.1, 0.15) is 36.2 Å². The SMILES string of the molecule is CCC(C)Nc1ncc(C(=O)NCCc2ccc(S(N)(=O)=O)cc2)cn1. The molecule has 1 atom stereocenters. The Kier molecular flexibility index (Phi) is 6.64. The van der Waals surface area contributed by atoms with Gasteiger partial charge in [0.1, 0.15) is 0 Å². The molecule has 1 unspecified atom stereocenters. The molecule has 0 spiro atoms. The smallest absolute Gasteiger partial charge is 0.254 e. The molecular formula is C17H23N5O3S. The number of carbonyl (C=O) groups is 1. The first-order valence-corrected chi connectivity index (χ1v) is 9.82. The summed E-state index contributed by atoms with van der Waals surface area (Å²) in [5.74, 6) is 0.229. The number of amides is 1. The lowest BCUT2D eigenvalue weighted by atomic mass is 10.1. The van der Waals surface area contributed by atoms with Gasteiger partial charge in [-0.15, -0.1) is 0 Å². The van der Waals surface area contributed by atoms with Gasteiger partial charge in [0.15, 0.2) is 0 Å². The number of rotatable bonds is 8. The van der Waals surface area contributed by atoms with Gasteiger partial charge in [0.05, 0.1) is 10.5 Å². The van der Waals surface area contributed by atoms with Gasteiger partial charge < -0.3 is 10.6 Å². The quantitative estimate of drug-likeness (QED) is 0.636. The summed E-state index contributed by atoms with van der Waals surface area (Å²) in [4.78, 5) is 20.4. The fourth-order valence-corrected chi connectivity index (χ4v) is 2.63. The van der Waals surface area contributed by atoms with Crippen LogP contribution in [-0.2, 0) is 16.4 Å². The summed E-state index contributed by atoms with van der Waals surface area (Å²) in [6.07, 6.45) is 4.47. The molecule has 140 valence electrons. The molecule has 26 heavy (non-hydrogen) atoms. The maximum atomic E-state index is 12.1. The molecule has 9 heteroatoms. The first kappa shape index (κ1) is 19.8. The second-order valence-corrected chi connectivity index (χ2v) is 7.51. The first-order valence-electron chi connectivity index (χ1n) is 8.28. The minimum atomic E-state index is -3.69. The lowest BCUT2D eigenvalue weighted by molar-refractivity contribution is 0.0953. The van der Waals surface area contributed by atoms with E-state index in [1.54, 1.807) is 12.1 Å². The molecule has 0 bridgehead atoms. The molecule has 0 fully saturated rings. The molecular weight excluding hydrogens is 354 g/mol. The molecule has 0 saturated heterocycles. The molecule has 1 heterocycles. The van der Waals surface area contributed by atoms with E-state index in [4.69, 9.17) is 5.14 Å². The van der Waals surface area contributed by atoms with Crippen molar-refractivity contribution in [3.05, 3.63) is 47.8 Å². The van der Waals surface area contributed by atoms with Crippen molar-refractivity contribution in [1.82, 2.24) is 15.3 Å². The predicted molar refractivity (Wildman–Crippen MR) is 99.3 cm³/mol. The van der Waals surface area contributed by atoms with E-state index in [0.717, 1.165) is 12.0 Å². The third-order valence-electron chi connectivity index (χ3n) is 3.85. The van der Waals surface area contributed by atoms with Crippen molar-refractivity contribution in [1.29, 1.82) is 0 Å². The van der Waals surface area contributed by atoms with Gasteiger partial charge in [0.2, 0.25) is 16.0 Å². The van der Waals surface area contributed by atoms with Gasteiger partial charge in [0, 0.05) is 25.0 Å². The minimum absolute atomic E-state index is 0.0634. The molecule has 0 aliphatic carbocycles. The molecule has 1 aromatic carbocycles. The third kappa shape index (κ3) is 5.78. The number of hydrogen-bond donors (Lipinski definition) is 3. The lowest BCUT2D eigenvalue weighted by Crippen LogP contribution is -2.26. The highest BCUT2D eigenvalue weighted by atomic mass is 32.2. The van der Waals surface area contributed by atoms with Crippen LogP contribution in [0.4, 0.5) is 5.95 Å². The zero-order valence-corrected chi connectivity index (χ0v) is 15.6. The molecule has 4 N–H and O–H groups in total. The number of anilines is 1. The summed E-state index contributed by atoms with van der Waals surface area (Å²) < 4.78 is 22.4. The van der Waals surface area contributed by atoms with Gasteiger partial charge in [-0.1, -0.05) is 19.1 Å². The highest BCUT2D eigenvalue weighted by molar-refractivity contribution is 7.89. The van der Waals surface area contributed by atoms with Gasteiger partial charge in [0.25, 0.3) is 5.91 Å². The highest BCUT2D eigenvalue weighted by Gasteiger charge is 2.09. The Labute approximate surface area is 153 Å². The Morgan fingerprint density at radius 1 is 1.19 bits per heavy atom. The van der Waals surface area contributed by atoms with Crippen LogP contribution in [0.5, 0.6) is 0 Å². The normalized spacial score (nSPS) is 12.4. The van der Waals surface area contributed by atoms with Crippen LogP contribution in [-0.4, -0.2) is 36.9 Å². The molecule has 2 aromatic rings. The van der Waals surface area contributed by atoms with E-state index < -0.39 is 10.0 Å². The topological polar surface area (TPSA) is 127 Å². The molecule has 0 aliphatic heterocycles. The molecule has 1 aromatic heterocycles. The molecule has 1 amide bonds. The zero-order chi connectivity index (χ0) is 19.2. The summed E-state index contributed by atoms with van der Waals surface area (Å²) in [6, 6.07) is 6.50. The summed E-state index contributed by atoms with van der Waals surface area (Å²) in [5.41, 5.74) is 1.27. The van der Waals surface area contributed by atoms with Crippen molar-refractivity contribution in [3.63, 3.8) is 0 Å². The van der Waals surface area contributed by atoms with Gasteiger partial charge in [-0.3, -0.25) is 4.79 Å². The van der Waals surface area contributed by atoms with Crippen molar-refractivity contribution in [3.8, 4) is 0 Å². The predicted octanol–water partition coefficient (Wildman–Crippen LogP) is 1.31. The van der Waals surface area contributed by atoms with E-state index in [0.29, 0.717) is 24.5 Å². The van der Waals surface area contributed by atoms with E-state index in [2.05, 4.69) is 27.5 Å². The average molecular weight is 377 g/mol. The largest absolute Gasteiger partial charge is 0.352 e.